The lowest BCUT2D eigenvalue weighted by Crippen LogP contribution is -2.41. The molecule has 38 heavy (non-hydrogen) atoms. The molecule has 0 atom stereocenters. The van der Waals surface area contributed by atoms with Crippen LogP contribution < -0.4 is 15.2 Å². The number of aromatic nitrogens is 2. The minimum absolute atomic E-state index is 0.124. The van der Waals surface area contributed by atoms with Crippen molar-refractivity contribution < 1.29 is 18.8 Å². The van der Waals surface area contributed by atoms with Gasteiger partial charge in [-0.15, -0.1) is 0 Å². The number of hydrogen-bond donors (Lipinski definition) is 1. The van der Waals surface area contributed by atoms with Gasteiger partial charge in [-0.3, -0.25) is 19.0 Å². The Bertz CT molecular complexity index is 1590. The van der Waals surface area contributed by atoms with Gasteiger partial charge in [0, 0.05) is 12.1 Å². The van der Waals surface area contributed by atoms with E-state index in [9.17, 15) is 14.4 Å². The number of carbonyl (C=O) groups excluding carboxylic acids is 2. The first kappa shape index (κ1) is 25.2. The number of para-hydroxylation sites is 2. The number of amides is 1. The highest BCUT2D eigenvalue weighted by Gasteiger charge is 2.35. The monoisotopic (exact) mass is 525 g/mol. The number of hydrogen-bond acceptors (Lipinski definition) is 6. The molecular weight excluding hydrogens is 500 g/mol. The van der Waals surface area contributed by atoms with Crippen LogP contribution in [0.4, 0.5) is 5.69 Å². The van der Waals surface area contributed by atoms with E-state index in [2.05, 4.69) is 24.1 Å². The molecule has 9 heteroatoms. The van der Waals surface area contributed by atoms with Gasteiger partial charge >= 0.3 is 11.3 Å². The number of H-pyrrole nitrogens is 1. The van der Waals surface area contributed by atoms with Crippen LogP contribution >= 0.6 is 11.8 Å². The average molecular weight is 526 g/mol. The van der Waals surface area contributed by atoms with Crippen LogP contribution in [0.25, 0.3) is 11.8 Å². The lowest BCUT2D eigenvalue weighted by molar-refractivity contribution is -0.672. The average Bonchev–Trinajstić information content (AvgIpc) is 3.47. The molecule has 1 amide bonds. The van der Waals surface area contributed by atoms with Gasteiger partial charge in [-0.25, -0.2) is 9.79 Å². The quantitative estimate of drug-likeness (QED) is 0.214. The molecule has 1 aromatic heterocycles. The third-order valence-corrected chi connectivity index (χ3v) is 6.95. The molecule has 0 bridgehead atoms. The third-order valence-electron chi connectivity index (χ3n) is 6.01. The highest BCUT2D eigenvalue weighted by atomic mass is 32.2. The van der Waals surface area contributed by atoms with Crippen molar-refractivity contribution in [3.63, 3.8) is 0 Å². The van der Waals surface area contributed by atoms with E-state index in [1.54, 1.807) is 42.5 Å². The fourth-order valence-electron chi connectivity index (χ4n) is 4.00. The standard InChI is InChI=1S/C29H24N4O4S/c1-19(2)21-15-13-20(14-16-21)17-24-27(35)32(22-9-5-3-6-10-22)29(30-24)38-18-25(34)26-28(36)37-31-33(26)23-11-7-4-8-12-23/h3-17,19H,18H2,1-2H3/p+1/b24-17+. The van der Waals surface area contributed by atoms with Gasteiger partial charge in [0.05, 0.1) is 11.4 Å². The van der Waals surface area contributed by atoms with Gasteiger partial charge in [-0.1, -0.05) is 86.3 Å². The van der Waals surface area contributed by atoms with Crippen molar-refractivity contribution in [3.05, 3.63) is 118 Å². The summed E-state index contributed by atoms with van der Waals surface area (Å²) in [7, 11) is 0. The molecule has 0 fully saturated rings. The smallest absolute Gasteiger partial charge is 0.286 e. The first-order valence-electron chi connectivity index (χ1n) is 12.1. The maximum absolute atomic E-state index is 13.4. The summed E-state index contributed by atoms with van der Waals surface area (Å²) in [6.07, 6.45) is 1.74. The molecule has 8 nitrogen and oxygen atoms in total. The summed E-state index contributed by atoms with van der Waals surface area (Å²) in [4.78, 5) is 45.0. The summed E-state index contributed by atoms with van der Waals surface area (Å²) >= 11 is 1.09. The van der Waals surface area contributed by atoms with Crippen LogP contribution in [0.1, 0.15) is 41.4 Å². The summed E-state index contributed by atoms with van der Waals surface area (Å²) < 4.78 is 6.22. The van der Waals surface area contributed by atoms with Gasteiger partial charge in [0.2, 0.25) is 11.5 Å². The van der Waals surface area contributed by atoms with E-state index in [0.717, 1.165) is 17.3 Å². The van der Waals surface area contributed by atoms with Crippen LogP contribution in [0.3, 0.4) is 0 Å². The molecule has 4 aromatic rings. The van der Waals surface area contributed by atoms with Gasteiger partial charge < -0.3 is 0 Å². The van der Waals surface area contributed by atoms with Crippen molar-refractivity contribution >= 4 is 40.4 Å². The zero-order valence-electron chi connectivity index (χ0n) is 20.8. The number of ketones is 1. The Balaban J connectivity index is 1.43. The Morgan fingerprint density at radius 2 is 1.66 bits per heavy atom. The van der Waals surface area contributed by atoms with Gasteiger partial charge in [0.15, 0.2) is 5.17 Å². The van der Waals surface area contributed by atoms with Gasteiger partial charge in [-0.2, -0.15) is 0 Å². The van der Waals surface area contributed by atoms with E-state index < -0.39 is 11.4 Å². The number of amidine groups is 1. The van der Waals surface area contributed by atoms with Crippen LogP contribution in [0, 0.1) is 0 Å². The van der Waals surface area contributed by atoms with E-state index in [1.807, 2.05) is 48.5 Å². The third kappa shape index (κ3) is 5.14. The molecule has 0 unspecified atom stereocenters. The van der Waals surface area contributed by atoms with E-state index in [4.69, 9.17) is 4.52 Å². The molecule has 5 rings (SSSR count). The largest absolute Gasteiger partial charge is 0.438 e. The molecule has 1 aliphatic rings. The Labute approximate surface area is 223 Å². The van der Waals surface area contributed by atoms with Gasteiger partial charge in [0.1, 0.15) is 5.70 Å². The van der Waals surface area contributed by atoms with Crippen molar-refractivity contribution in [2.24, 2.45) is 4.99 Å². The minimum Gasteiger partial charge on any atom is -0.286 e. The first-order chi connectivity index (χ1) is 18.4. The van der Waals surface area contributed by atoms with Crippen LogP contribution in [-0.4, -0.2) is 27.9 Å². The fourth-order valence-corrected chi connectivity index (χ4v) is 4.88. The van der Waals surface area contributed by atoms with Crippen molar-refractivity contribution in [1.29, 1.82) is 0 Å². The van der Waals surface area contributed by atoms with Crippen molar-refractivity contribution in [2.75, 3.05) is 10.7 Å². The highest BCUT2D eigenvalue weighted by molar-refractivity contribution is 8.14. The fraction of sp³-hybridized carbons (Fsp3) is 0.138. The van der Waals surface area contributed by atoms with E-state index in [0.29, 0.717) is 22.5 Å². The van der Waals surface area contributed by atoms with Crippen LogP contribution in [0.5, 0.6) is 0 Å². The lowest BCUT2D eigenvalue weighted by atomic mass is 10.0. The Kier molecular flexibility index (Phi) is 7.19. The summed E-state index contributed by atoms with van der Waals surface area (Å²) in [6, 6.07) is 26.0. The van der Waals surface area contributed by atoms with Crippen LogP contribution in [-0.2, 0) is 4.79 Å². The number of nitrogens with zero attached hydrogens (tertiary/aromatic N) is 3. The molecule has 0 radical (unpaired) electrons. The Morgan fingerprint density at radius 3 is 2.32 bits per heavy atom. The molecular formula is C29H25N4O4S+. The second kappa shape index (κ2) is 10.9. The molecule has 190 valence electrons. The number of thioether (sulfide) groups is 1. The SMILES string of the molecule is CC(C)c1ccc(/C=C2/N=C(SCC(=O)c3c(=O)o[nH][n+]3-c3ccccc3)N(c3ccccc3)C2=O)cc1. The number of aromatic amines is 1. The molecule has 1 aliphatic heterocycles. The number of nitrogens with one attached hydrogen (secondary N) is 1. The number of aliphatic imine (C=N–C) groups is 1. The summed E-state index contributed by atoms with van der Waals surface area (Å²) in [5.41, 5.74) is 2.63. The summed E-state index contributed by atoms with van der Waals surface area (Å²) in [6.45, 7) is 4.25. The van der Waals surface area contributed by atoms with E-state index in [1.165, 1.54) is 15.1 Å². The Morgan fingerprint density at radius 1 is 1.00 bits per heavy atom. The molecule has 0 saturated carbocycles. The number of benzene rings is 3. The molecule has 2 heterocycles. The van der Waals surface area contributed by atoms with E-state index >= 15 is 0 Å². The van der Waals surface area contributed by atoms with Gasteiger partial charge in [0.25, 0.3) is 5.91 Å². The predicted octanol–water partition coefficient (Wildman–Crippen LogP) is 4.73. The van der Waals surface area contributed by atoms with Crippen molar-refractivity contribution in [2.45, 2.75) is 19.8 Å². The molecule has 0 saturated heterocycles. The van der Waals surface area contributed by atoms with Crippen molar-refractivity contribution in [1.82, 2.24) is 5.27 Å². The zero-order valence-corrected chi connectivity index (χ0v) is 21.6. The number of carbonyl (C=O) groups is 2. The number of rotatable bonds is 7. The molecule has 0 spiro atoms. The maximum atomic E-state index is 13.4. The highest BCUT2D eigenvalue weighted by Crippen LogP contribution is 2.29. The molecule has 0 aliphatic carbocycles. The molecule has 1 N–H and O–H groups in total. The normalized spacial score (nSPS) is 14.4. The number of anilines is 1. The lowest BCUT2D eigenvalue weighted by Gasteiger charge is -2.17. The first-order valence-corrected chi connectivity index (χ1v) is 13.1. The van der Waals surface area contributed by atoms with Crippen LogP contribution in [0.2, 0.25) is 0 Å². The predicted molar refractivity (Wildman–Crippen MR) is 148 cm³/mol. The summed E-state index contributed by atoms with van der Waals surface area (Å²) in [5.74, 6) is -0.473. The second-order valence-corrected chi connectivity index (χ2v) is 9.88. The van der Waals surface area contributed by atoms with Gasteiger partial charge in [-0.05, 0) is 45.2 Å². The topological polar surface area (TPSA) is 99.6 Å². The Hall–Kier alpha value is -4.50. The van der Waals surface area contributed by atoms with Crippen molar-refractivity contribution in [3.8, 4) is 5.69 Å². The summed E-state index contributed by atoms with van der Waals surface area (Å²) in [5, 5.41) is 2.83. The van der Waals surface area contributed by atoms with Crippen LogP contribution in [0.15, 0.2) is 105 Å². The molecule has 3 aromatic carbocycles. The van der Waals surface area contributed by atoms with E-state index in [-0.39, 0.29) is 23.1 Å². The minimum atomic E-state index is -0.769. The second-order valence-electron chi connectivity index (χ2n) is 8.93. The number of Topliss-reactive ketones (excluding diaryl/α,β-unsaturated/α-hetero) is 1. The zero-order chi connectivity index (χ0) is 26.6. The maximum Gasteiger partial charge on any atom is 0.438 e.